The maximum atomic E-state index is 10.6. The molecule has 2 saturated carbocycles. The second-order valence-electron chi connectivity index (χ2n) is 5.72. The maximum Gasteiger partial charge on any atom is 0.237 e. The Bertz CT molecular complexity index is 399. The maximum absolute atomic E-state index is 10.6. The van der Waals surface area contributed by atoms with Gasteiger partial charge in [-0.3, -0.25) is 0 Å². The number of aliphatic imine (C=N–C) groups is 2. The normalized spacial score (nSPS) is 43.6. The smallest absolute Gasteiger partial charge is 0.211 e. The van der Waals surface area contributed by atoms with E-state index < -0.39 is 5.66 Å². The molecule has 0 N–H and O–H groups in total. The molecule has 0 spiro atoms. The summed E-state index contributed by atoms with van der Waals surface area (Å²) < 4.78 is 0. The molecule has 2 rings (SSSR count). The monoisotopic (exact) mass is 220 g/mol. The molecule has 0 aromatic rings. The molecular formula is C12H16N2O2. The highest BCUT2D eigenvalue weighted by Gasteiger charge is 2.70. The minimum Gasteiger partial charge on any atom is -0.211 e. The molecule has 0 aromatic heterocycles. The first kappa shape index (κ1) is 11.3. The zero-order valence-electron chi connectivity index (χ0n) is 9.91. The highest BCUT2D eigenvalue weighted by molar-refractivity contribution is 5.42. The van der Waals surface area contributed by atoms with E-state index in [1.807, 2.05) is 0 Å². The molecular weight excluding hydrogens is 204 g/mol. The first-order valence-electron chi connectivity index (χ1n) is 5.61. The van der Waals surface area contributed by atoms with Gasteiger partial charge in [-0.1, -0.05) is 20.8 Å². The van der Waals surface area contributed by atoms with Crippen LogP contribution >= 0.6 is 0 Å². The van der Waals surface area contributed by atoms with Gasteiger partial charge < -0.3 is 0 Å². The fraction of sp³-hybridized carbons (Fsp3) is 0.833. The standard InChI is InChI=1S/C12H16N2O2/c1-10(2)9-4-5-11(10,3)12(6-9,13-7-15)14-8-16/h9H,4-6H2,1-3H3/t9-,11+/m1/s1. The van der Waals surface area contributed by atoms with Crippen molar-refractivity contribution in [3.63, 3.8) is 0 Å². The van der Waals surface area contributed by atoms with Gasteiger partial charge in [-0.15, -0.1) is 0 Å². The van der Waals surface area contributed by atoms with Gasteiger partial charge in [-0.2, -0.15) is 9.98 Å². The van der Waals surface area contributed by atoms with Crippen molar-refractivity contribution in [2.75, 3.05) is 0 Å². The number of fused-ring (bicyclic) bond motifs is 2. The second kappa shape index (κ2) is 3.13. The Morgan fingerprint density at radius 3 is 2.00 bits per heavy atom. The molecule has 0 aliphatic heterocycles. The molecule has 16 heavy (non-hydrogen) atoms. The molecule has 0 aromatic carbocycles. The van der Waals surface area contributed by atoms with Crippen molar-refractivity contribution in [1.82, 2.24) is 0 Å². The molecule has 4 nitrogen and oxygen atoms in total. The zero-order chi connectivity index (χ0) is 12.0. The van der Waals surface area contributed by atoms with Crippen LogP contribution in [0.25, 0.3) is 0 Å². The van der Waals surface area contributed by atoms with E-state index in [-0.39, 0.29) is 10.8 Å². The molecule has 0 heterocycles. The van der Waals surface area contributed by atoms with E-state index in [1.165, 1.54) is 0 Å². The summed E-state index contributed by atoms with van der Waals surface area (Å²) >= 11 is 0. The van der Waals surface area contributed by atoms with Gasteiger partial charge in [0, 0.05) is 5.41 Å². The number of nitrogens with zero attached hydrogens (tertiary/aromatic N) is 2. The van der Waals surface area contributed by atoms with Crippen LogP contribution in [0.5, 0.6) is 0 Å². The molecule has 2 bridgehead atoms. The van der Waals surface area contributed by atoms with Crippen LogP contribution in [0.4, 0.5) is 0 Å². The second-order valence-corrected chi connectivity index (χ2v) is 5.72. The van der Waals surface area contributed by atoms with Gasteiger partial charge in [0.25, 0.3) is 0 Å². The van der Waals surface area contributed by atoms with Crippen molar-refractivity contribution in [2.45, 2.75) is 45.7 Å². The van der Waals surface area contributed by atoms with Crippen molar-refractivity contribution < 1.29 is 9.59 Å². The third-order valence-electron chi connectivity index (χ3n) is 5.31. The molecule has 2 aliphatic carbocycles. The highest BCUT2D eigenvalue weighted by atomic mass is 16.1. The predicted molar refractivity (Wildman–Crippen MR) is 58.2 cm³/mol. The molecule has 4 heteroatoms. The van der Waals surface area contributed by atoms with E-state index in [2.05, 4.69) is 30.8 Å². The summed E-state index contributed by atoms with van der Waals surface area (Å²) in [5, 5.41) is 0. The van der Waals surface area contributed by atoms with Gasteiger partial charge in [0.15, 0.2) is 5.66 Å². The molecule has 2 fully saturated rings. The molecule has 0 unspecified atom stereocenters. The van der Waals surface area contributed by atoms with Crippen LogP contribution in [0, 0.1) is 16.7 Å². The van der Waals surface area contributed by atoms with E-state index in [1.54, 1.807) is 12.2 Å². The summed E-state index contributed by atoms with van der Waals surface area (Å²) in [4.78, 5) is 28.9. The first-order chi connectivity index (χ1) is 7.43. The van der Waals surface area contributed by atoms with Gasteiger partial charge in [-0.25, -0.2) is 9.59 Å². The Labute approximate surface area is 94.9 Å². The van der Waals surface area contributed by atoms with Crippen molar-refractivity contribution >= 4 is 12.2 Å². The van der Waals surface area contributed by atoms with Crippen LogP contribution in [-0.4, -0.2) is 17.8 Å². The predicted octanol–water partition coefficient (Wildman–Crippen LogP) is 2.20. The third kappa shape index (κ3) is 1.01. The topological polar surface area (TPSA) is 58.9 Å². The van der Waals surface area contributed by atoms with Crippen LogP contribution in [0.3, 0.4) is 0 Å². The van der Waals surface area contributed by atoms with Gasteiger partial charge in [0.05, 0.1) is 0 Å². The summed E-state index contributed by atoms with van der Waals surface area (Å²) in [6.45, 7) is 6.42. The van der Waals surface area contributed by atoms with E-state index >= 15 is 0 Å². The molecule has 86 valence electrons. The number of carbonyl (C=O) groups excluding carboxylic acids is 2. The summed E-state index contributed by atoms with van der Waals surface area (Å²) in [6, 6.07) is 0. The Kier molecular flexibility index (Phi) is 2.20. The molecule has 2 atom stereocenters. The van der Waals surface area contributed by atoms with Gasteiger partial charge in [0.1, 0.15) is 0 Å². The summed E-state index contributed by atoms with van der Waals surface area (Å²) in [5.41, 5.74) is -1.10. The van der Waals surface area contributed by atoms with Crippen molar-refractivity contribution in [3.05, 3.63) is 0 Å². The Hall–Kier alpha value is -1.24. The zero-order valence-corrected chi connectivity index (χ0v) is 9.91. The number of isocyanates is 2. The van der Waals surface area contributed by atoms with Crippen molar-refractivity contribution in [3.8, 4) is 0 Å². The number of hydrogen-bond acceptors (Lipinski definition) is 4. The lowest BCUT2D eigenvalue weighted by molar-refractivity contribution is 0.0854. The minimum absolute atomic E-state index is 0.0493. The number of hydrogen-bond donors (Lipinski definition) is 0. The number of rotatable bonds is 2. The highest BCUT2D eigenvalue weighted by Crippen LogP contribution is 2.71. The first-order valence-corrected chi connectivity index (χ1v) is 5.61. The quantitative estimate of drug-likeness (QED) is 0.529. The van der Waals surface area contributed by atoms with Crippen LogP contribution < -0.4 is 0 Å². The largest absolute Gasteiger partial charge is 0.237 e. The van der Waals surface area contributed by atoms with Crippen molar-refractivity contribution in [2.24, 2.45) is 26.7 Å². The van der Waals surface area contributed by atoms with E-state index in [9.17, 15) is 9.59 Å². The molecule has 0 amide bonds. The lowest BCUT2D eigenvalue weighted by atomic mass is 9.66. The van der Waals surface area contributed by atoms with Crippen LogP contribution in [0.1, 0.15) is 40.0 Å². The lowest BCUT2D eigenvalue weighted by Gasteiger charge is -2.41. The summed E-state index contributed by atoms with van der Waals surface area (Å²) in [7, 11) is 0. The van der Waals surface area contributed by atoms with E-state index in [4.69, 9.17) is 0 Å². The van der Waals surface area contributed by atoms with Crippen LogP contribution in [0.2, 0.25) is 0 Å². The molecule has 2 aliphatic rings. The van der Waals surface area contributed by atoms with Crippen molar-refractivity contribution in [1.29, 1.82) is 0 Å². The summed E-state index contributed by atoms with van der Waals surface area (Å²) in [6.07, 6.45) is 5.90. The summed E-state index contributed by atoms with van der Waals surface area (Å²) in [5.74, 6) is 0.465. The SMILES string of the molecule is CC1(C)[C@@H]2CC[C@]1(C)C(N=C=O)(N=C=O)C2. The van der Waals surface area contributed by atoms with Gasteiger partial charge in [0.2, 0.25) is 12.2 Å². The minimum atomic E-state index is -0.914. The average Bonchev–Trinajstić information content (AvgIpc) is 2.51. The third-order valence-corrected chi connectivity index (χ3v) is 5.31. The molecule has 0 saturated heterocycles. The average molecular weight is 220 g/mol. The van der Waals surface area contributed by atoms with Crippen LogP contribution in [-0.2, 0) is 9.59 Å². The van der Waals surface area contributed by atoms with E-state index in [0.717, 1.165) is 12.8 Å². The Morgan fingerprint density at radius 2 is 1.69 bits per heavy atom. The van der Waals surface area contributed by atoms with Gasteiger partial charge in [-0.05, 0) is 30.6 Å². The fourth-order valence-corrected chi connectivity index (χ4v) is 3.75. The Morgan fingerprint density at radius 1 is 1.12 bits per heavy atom. The van der Waals surface area contributed by atoms with Gasteiger partial charge >= 0.3 is 0 Å². The van der Waals surface area contributed by atoms with E-state index in [0.29, 0.717) is 12.3 Å². The fourth-order valence-electron chi connectivity index (χ4n) is 3.75. The van der Waals surface area contributed by atoms with Crippen LogP contribution in [0.15, 0.2) is 9.98 Å². The lowest BCUT2D eigenvalue weighted by Crippen LogP contribution is -2.44. The Balaban J connectivity index is 2.60. The molecule has 0 radical (unpaired) electrons.